The number of aromatic nitrogens is 1. The Labute approximate surface area is 117 Å². The number of halogens is 1. The van der Waals surface area contributed by atoms with Gasteiger partial charge in [-0.2, -0.15) is 0 Å². The lowest BCUT2D eigenvalue weighted by atomic mass is 9.99. The first-order valence-electron chi connectivity index (χ1n) is 6.28. The second-order valence-electron chi connectivity index (χ2n) is 4.76. The van der Waals surface area contributed by atoms with Gasteiger partial charge in [-0.05, 0) is 29.7 Å². The standard InChI is InChI=1S/C15H15ClN2O/c1-10-6-13(15(16)17-7-10)18-14-9-19-8-11-4-2-3-5-12(11)14/h2-7,14,18H,8-9H2,1H3. The molecule has 1 aliphatic heterocycles. The highest BCUT2D eigenvalue weighted by atomic mass is 35.5. The first-order chi connectivity index (χ1) is 9.24. The molecule has 0 spiro atoms. The lowest BCUT2D eigenvalue weighted by Crippen LogP contribution is -2.23. The minimum atomic E-state index is 0.117. The van der Waals surface area contributed by atoms with Crippen LogP contribution in [-0.2, 0) is 11.3 Å². The van der Waals surface area contributed by atoms with Crippen LogP contribution >= 0.6 is 11.6 Å². The number of hydrogen-bond donors (Lipinski definition) is 1. The van der Waals surface area contributed by atoms with Crippen molar-refractivity contribution >= 4 is 17.3 Å². The Morgan fingerprint density at radius 2 is 2.21 bits per heavy atom. The highest BCUT2D eigenvalue weighted by Gasteiger charge is 2.20. The first-order valence-corrected chi connectivity index (χ1v) is 6.66. The molecule has 98 valence electrons. The molecule has 0 saturated heterocycles. The third kappa shape index (κ3) is 2.57. The minimum absolute atomic E-state index is 0.117. The molecule has 0 amide bonds. The molecule has 2 aromatic rings. The van der Waals surface area contributed by atoms with E-state index >= 15 is 0 Å². The van der Waals surface area contributed by atoms with Crippen LogP contribution in [0.4, 0.5) is 5.69 Å². The van der Waals surface area contributed by atoms with Gasteiger partial charge in [0, 0.05) is 6.20 Å². The van der Waals surface area contributed by atoms with Crippen LogP contribution in [0, 0.1) is 6.92 Å². The van der Waals surface area contributed by atoms with Crippen molar-refractivity contribution in [1.29, 1.82) is 0 Å². The third-order valence-electron chi connectivity index (χ3n) is 3.28. The normalized spacial score (nSPS) is 17.9. The molecular weight excluding hydrogens is 260 g/mol. The number of benzene rings is 1. The quantitative estimate of drug-likeness (QED) is 0.848. The molecule has 0 bridgehead atoms. The number of aryl methyl sites for hydroxylation is 1. The largest absolute Gasteiger partial charge is 0.374 e. The highest BCUT2D eigenvalue weighted by Crippen LogP contribution is 2.30. The molecule has 1 aliphatic rings. The SMILES string of the molecule is Cc1cnc(Cl)c(NC2COCc3ccccc32)c1. The molecule has 0 aliphatic carbocycles. The van der Waals surface area contributed by atoms with Crippen LogP contribution in [0.15, 0.2) is 36.5 Å². The summed E-state index contributed by atoms with van der Waals surface area (Å²) in [5, 5.41) is 3.92. The molecule has 1 unspecified atom stereocenters. The maximum absolute atomic E-state index is 6.13. The molecule has 0 fully saturated rings. The fourth-order valence-corrected chi connectivity index (χ4v) is 2.50. The van der Waals surface area contributed by atoms with Gasteiger partial charge in [0.05, 0.1) is 24.9 Å². The topological polar surface area (TPSA) is 34.2 Å². The van der Waals surface area contributed by atoms with Gasteiger partial charge in [0.15, 0.2) is 5.15 Å². The van der Waals surface area contributed by atoms with Crippen LogP contribution in [0.1, 0.15) is 22.7 Å². The number of pyridine rings is 1. The van der Waals surface area contributed by atoms with Crippen LogP contribution in [0.3, 0.4) is 0 Å². The van der Waals surface area contributed by atoms with E-state index in [4.69, 9.17) is 16.3 Å². The lowest BCUT2D eigenvalue weighted by molar-refractivity contribution is 0.0970. The van der Waals surface area contributed by atoms with Crippen molar-refractivity contribution in [3.8, 4) is 0 Å². The zero-order chi connectivity index (χ0) is 13.2. The second-order valence-corrected chi connectivity index (χ2v) is 5.12. The van der Waals surface area contributed by atoms with E-state index in [-0.39, 0.29) is 6.04 Å². The zero-order valence-corrected chi connectivity index (χ0v) is 11.4. The van der Waals surface area contributed by atoms with Crippen LogP contribution < -0.4 is 5.32 Å². The van der Waals surface area contributed by atoms with E-state index in [1.807, 2.05) is 19.1 Å². The van der Waals surface area contributed by atoms with E-state index in [0.29, 0.717) is 18.4 Å². The van der Waals surface area contributed by atoms with Gasteiger partial charge >= 0.3 is 0 Å². The number of hydrogen-bond acceptors (Lipinski definition) is 3. The summed E-state index contributed by atoms with van der Waals surface area (Å²) in [5.41, 5.74) is 4.43. The van der Waals surface area contributed by atoms with E-state index in [0.717, 1.165) is 11.3 Å². The maximum Gasteiger partial charge on any atom is 0.152 e. The van der Waals surface area contributed by atoms with E-state index < -0.39 is 0 Å². The van der Waals surface area contributed by atoms with E-state index in [1.165, 1.54) is 11.1 Å². The molecule has 0 radical (unpaired) electrons. The average Bonchev–Trinajstić information content (AvgIpc) is 2.43. The number of fused-ring (bicyclic) bond motifs is 1. The zero-order valence-electron chi connectivity index (χ0n) is 10.7. The Morgan fingerprint density at radius 3 is 3.11 bits per heavy atom. The van der Waals surface area contributed by atoms with E-state index in [1.54, 1.807) is 6.20 Å². The molecule has 2 heterocycles. The smallest absolute Gasteiger partial charge is 0.152 e. The molecule has 0 saturated carbocycles. The predicted octanol–water partition coefficient (Wildman–Crippen LogP) is 3.73. The molecule has 1 atom stereocenters. The van der Waals surface area contributed by atoms with Gasteiger partial charge in [0.1, 0.15) is 0 Å². The van der Waals surface area contributed by atoms with Crippen LogP contribution in [0.5, 0.6) is 0 Å². The fraction of sp³-hybridized carbons (Fsp3) is 0.267. The van der Waals surface area contributed by atoms with Crippen molar-refractivity contribution in [2.24, 2.45) is 0 Å². The summed E-state index contributed by atoms with van der Waals surface area (Å²) in [6.45, 7) is 3.31. The van der Waals surface area contributed by atoms with E-state index in [2.05, 4.69) is 28.5 Å². The first kappa shape index (κ1) is 12.5. The predicted molar refractivity (Wildman–Crippen MR) is 76.4 cm³/mol. The Balaban J connectivity index is 1.90. The van der Waals surface area contributed by atoms with Crippen molar-refractivity contribution in [2.75, 3.05) is 11.9 Å². The van der Waals surface area contributed by atoms with E-state index in [9.17, 15) is 0 Å². The Kier molecular flexibility index (Phi) is 3.40. The summed E-state index contributed by atoms with van der Waals surface area (Å²) in [5.74, 6) is 0. The Morgan fingerprint density at radius 1 is 1.37 bits per heavy atom. The molecule has 3 rings (SSSR count). The molecule has 1 aromatic carbocycles. The number of nitrogens with one attached hydrogen (secondary N) is 1. The van der Waals surface area contributed by atoms with Crippen LogP contribution in [0.2, 0.25) is 5.15 Å². The summed E-state index contributed by atoms with van der Waals surface area (Å²) in [7, 11) is 0. The molecule has 19 heavy (non-hydrogen) atoms. The second kappa shape index (κ2) is 5.19. The van der Waals surface area contributed by atoms with Gasteiger partial charge in [-0.25, -0.2) is 4.98 Å². The summed E-state index contributed by atoms with van der Waals surface area (Å²) < 4.78 is 5.62. The minimum Gasteiger partial charge on any atom is -0.374 e. The average molecular weight is 275 g/mol. The molecule has 3 nitrogen and oxygen atoms in total. The van der Waals surface area contributed by atoms with Crippen molar-refractivity contribution in [1.82, 2.24) is 4.98 Å². The number of nitrogens with zero attached hydrogens (tertiary/aromatic N) is 1. The maximum atomic E-state index is 6.13. The van der Waals surface area contributed by atoms with Crippen molar-refractivity contribution < 1.29 is 4.74 Å². The molecule has 1 N–H and O–H groups in total. The van der Waals surface area contributed by atoms with Gasteiger partial charge in [0.2, 0.25) is 0 Å². The number of ether oxygens (including phenoxy) is 1. The number of anilines is 1. The van der Waals surface area contributed by atoms with Gasteiger partial charge in [-0.15, -0.1) is 0 Å². The van der Waals surface area contributed by atoms with Gasteiger partial charge < -0.3 is 10.1 Å². The monoisotopic (exact) mass is 274 g/mol. The fourth-order valence-electron chi connectivity index (χ4n) is 2.34. The third-order valence-corrected chi connectivity index (χ3v) is 3.58. The van der Waals surface area contributed by atoms with Crippen molar-refractivity contribution in [3.05, 3.63) is 58.4 Å². The molecule has 1 aromatic heterocycles. The summed E-state index contributed by atoms with van der Waals surface area (Å²) in [6.07, 6.45) is 1.76. The van der Waals surface area contributed by atoms with Crippen molar-refractivity contribution in [3.63, 3.8) is 0 Å². The summed E-state index contributed by atoms with van der Waals surface area (Å²) >= 11 is 6.13. The highest BCUT2D eigenvalue weighted by molar-refractivity contribution is 6.32. The van der Waals surface area contributed by atoms with Crippen LogP contribution in [-0.4, -0.2) is 11.6 Å². The Bertz CT molecular complexity index is 600. The summed E-state index contributed by atoms with van der Waals surface area (Å²) in [6, 6.07) is 10.4. The van der Waals surface area contributed by atoms with Gasteiger partial charge in [-0.3, -0.25) is 0 Å². The van der Waals surface area contributed by atoms with Crippen LogP contribution in [0.25, 0.3) is 0 Å². The van der Waals surface area contributed by atoms with Crippen molar-refractivity contribution in [2.45, 2.75) is 19.6 Å². The molecule has 4 heteroatoms. The summed E-state index contributed by atoms with van der Waals surface area (Å²) in [4.78, 5) is 4.16. The molecular formula is C15H15ClN2O. The van der Waals surface area contributed by atoms with Gasteiger partial charge in [-0.1, -0.05) is 35.9 Å². The van der Waals surface area contributed by atoms with Gasteiger partial charge in [0.25, 0.3) is 0 Å². The number of rotatable bonds is 2. The Hall–Kier alpha value is -1.58. The lowest BCUT2D eigenvalue weighted by Gasteiger charge is -2.27.